The van der Waals surface area contributed by atoms with Crippen LogP contribution in [0.15, 0.2) is 18.2 Å². The minimum atomic E-state index is -0.263. The van der Waals surface area contributed by atoms with Crippen molar-refractivity contribution >= 4 is 6.03 Å². The second-order valence-electron chi connectivity index (χ2n) is 4.89. The first kappa shape index (κ1) is 13.8. The van der Waals surface area contributed by atoms with Crippen molar-refractivity contribution < 1.29 is 14.3 Å². The van der Waals surface area contributed by atoms with Crippen LogP contribution < -0.4 is 5.32 Å². The average molecular weight is 266 g/mol. The van der Waals surface area contributed by atoms with Crippen molar-refractivity contribution in [2.45, 2.75) is 32.4 Å². The molecule has 0 aromatic heterocycles. The average Bonchev–Trinajstić information content (AvgIpc) is 3.21. The summed E-state index contributed by atoms with van der Waals surface area (Å²) in [5, 5.41) is 11.7. The summed E-state index contributed by atoms with van der Waals surface area (Å²) < 4.78 is 13.4. The monoisotopic (exact) mass is 266 g/mol. The largest absolute Gasteiger partial charge is 0.395 e. The molecule has 0 atom stereocenters. The Morgan fingerprint density at radius 3 is 2.84 bits per heavy atom. The molecule has 0 aliphatic heterocycles. The van der Waals surface area contributed by atoms with Gasteiger partial charge in [-0.05, 0) is 37.0 Å². The van der Waals surface area contributed by atoms with Gasteiger partial charge in [0, 0.05) is 19.1 Å². The quantitative estimate of drug-likeness (QED) is 0.854. The molecule has 1 aliphatic rings. The summed E-state index contributed by atoms with van der Waals surface area (Å²) in [4.78, 5) is 13.6. The molecule has 0 unspecified atom stereocenters. The molecular formula is C14H19FN2O2. The Balaban J connectivity index is 1.89. The lowest BCUT2D eigenvalue weighted by molar-refractivity contribution is 0.173. The number of aliphatic hydroxyl groups excluding tert-OH is 1. The molecule has 2 amide bonds. The van der Waals surface area contributed by atoms with Crippen LogP contribution in [0, 0.1) is 12.7 Å². The number of benzene rings is 1. The van der Waals surface area contributed by atoms with Crippen LogP contribution in [-0.2, 0) is 6.54 Å². The van der Waals surface area contributed by atoms with Gasteiger partial charge in [-0.3, -0.25) is 0 Å². The third kappa shape index (κ3) is 3.67. The maximum Gasteiger partial charge on any atom is 0.317 e. The fraction of sp³-hybridized carbons (Fsp3) is 0.500. The number of aliphatic hydroxyl groups is 1. The lowest BCUT2D eigenvalue weighted by Crippen LogP contribution is -2.42. The highest BCUT2D eigenvalue weighted by atomic mass is 19.1. The van der Waals surface area contributed by atoms with E-state index in [1.54, 1.807) is 24.0 Å². The van der Waals surface area contributed by atoms with Crippen LogP contribution in [0.4, 0.5) is 9.18 Å². The number of carbonyl (C=O) groups excluding carboxylic acids is 1. The van der Waals surface area contributed by atoms with Crippen molar-refractivity contribution in [3.8, 4) is 0 Å². The Kier molecular flexibility index (Phi) is 4.37. The summed E-state index contributed by atoms with van der Waals surface area (Å²) in [5.74, 6) is -0.263. The van der Waals surface area contributed by atoms with Gasteiger partial charge < -0.3 is 15.3 Å². The van der Waals surface area contributed by atoms with Crippen LogP contribution in [0.3, 0.4) is 0 Å². The van der Waals surface area contributed by atoms with Gasteiger partial charge in [-0.1, -0.05) is 12.1 Å². The van der Waals surface area contributed by atoms with Crippen molar-refractivity contribution in [2.24, 2.45) is 0 Å². The molecule has 1 fully saturated rings. The number of hydrogen-bond acceptors (Lipinski definition) is 2. The van der Waals surface area contributed by atoms with Gasteiger partial charge in [-0.15, -0.1) is 0 Å². The number of nitrogens with zero attached hydrogens (tertiary/aromatic N) is 1. The van der Waals surface area contributed by atoms with Crippen LogP contribution in [0.1, 0.15) is 24.0 Å². The number of halogens is 1. The molecule has 0 bridgehead atoms. The number of carbonyl (C=O) groups is 1. The lowest BCUT2D eigenvalue weighted by atomic mass is 10.1. The van der Waals surface area contributed by atoms with Crippen LogP contribution in [0.25, 0.3) is 0 Å². The number of urea groups is 1. The van der Waals surface area contributed by atoms with E-state index in [2.05, 4.69) is 5.32 Å². The molecule has 19 heavy (non-hydrogen) atoms. The molecule has 1 aromatic rings. The highest BCUT2D eigenvalue weighted by Gasteiger charge is 2.31. The third-order valence-corrected chi connectivity index (χ3v) is 3.27. The Morgan fingerprint density at radius 2 is 2.26 bits per heavy atom. The zero-order chi connectivity index (χ0) is 13.8. The second kappa shape index (κ2) is 6.02. The normalized spacial score (nSPS) is 14.3. The van der Waals surface area contributed by atoms with Gasteiger partial charge in [0.1, 0.15) is 5.82 Å². The smallest absolute Gasteiger partial charge is 0.317 e. The topological polar surface area (TPSA) is 52.6 Å². The van der Waals surface area contributed by atoms with Gasteiger partial charge in [0.2, 0.25) is 0 Å². The number of rotatable bonds is 5. The molecule has 0 heterocycles. The predicted octanol–water partition coefficient (Wildman–Crippen LogP) is 1.80. The van der Waals surface area contributed by atoms with E-state index in [1.807, 2.05) is 0 Å². The van der Waals surface area contributed by atoms with Crippen LogP contribution in [-0.4, -0.2) is 35.2 Å². The van der Waals surface area contributed by atoms with Crippen molar-refractivity contribution in [1.82, 2.24) is 10.2 Å². The molecule has 5 heteroatoms. The molecule has 1 saturated carbocycles. The van der Waals surface area contributed by atoms with Crippen molar-refractivity contribution in [2.75, 3.05) is 13.2 Å². The maximum atomic E-state index is 13.4. The molecule has 1 aromatic carbocycles. The van der Waals surface area contributed by atoms with Crippen LogP contribution in [0.2, 0.25) is 0 Å². The Morgan fingerprint density at radius 1 is 1.53 bits per heavy atom. The minimum Gasteiger partial charge on any atom is -0.395 e. The Labute approximate surface area is 112 Å². The minimum absolute atomic E-state index is 0.0386. The molecular weight excluding hydrogens is 247 g/mol. The van der Waals surface area contributed by atoms with E-state index in [4.69, 9.17) is 5.11 Å². The van der Waals surface area contributed by atoms with Crippen LogP contribution >= 0.6 is 0 Å². The van der Waals surface area contributed by atoms with E-state index in [0.29, 0.717) is 18.7 Å². The maximum absolute atomic E-state index is 13.4. The fourth-order valence-electron chi connectivity index (χ4n) is 1.97. The first-order valence-electron chi connectivity index (χ1n) is 6.52. The Bertz CT molecular complexity index is 461. The molecule has 104 valence electrons. The molecule has 1 aliphatic carbocycles. The van der Waals surface area contributed by atoms with Gasteiger partial charge in [0.15, 0.2) is 0 Å². The summed E-state index contributed by atoms with van der Waals surface area (Å²) in [5.41, 5.74) is 1.33. The van der Waals surface area contributed by atoms with E-state index in [0.717, 1.165) is 18.4 Å². The first-order chi connectivity index (χ1) is 9.11. The summed E-state index contributed by atoms with van der Waals surface area (Å²) in [6.45, 7) is 2.31. The van der Waals surface area contributed by atoms with E-state index in [-0.39, 0.29) is 24.5 Å². The van der Waals surface area contributed by atoms with Gasteiger partial charge in [0.25, 0.3) is 0 Å². The predicted molar refractivity (Wildman–Crippen MR) is 70.2 cm³/mol. The summed E-state index contributed by atoms with van der Waals surface area (Å²) >= 11 is 0. The van der Waals surface area contributed by atoms with Crippen molar-refractivity contribution in [1.29, 1.82) is 0 Å². The summed E-state index contributed by atoms with van der Waals surface area (Å²) in [6.07, 6.45) is 1.99. The number of aryl methyl sites for hydroxylation is 1. The zero-order valence-corrected chi connectivity index (χ0v) is 11.0. The standard InChI is InChI=1S/C14H19FN2O2/c1-10-2-3-11(8-13(10)15)9-16-14(19)17(6-7-18)12-4-5-12/h2-3,8,12,18H,4-7,9H2,1H3,(H,16,19). The molecule has 4 nitrogen and oxygen atoms in total. The van der Waals surface area contributed by atoms with E-state index in [9.17, 15) is 9.18 Å². The third-order valence-electron chi connectivity index (χ3n) is 3.27. The lowest BCUT2D eigenvalue weighted by Gasteiger charge is -2.21. The first-order valence-corrected chi connectivity index (χ1v) is 6.52. The second-order valence-corrected chi connectivity index (χ2v) is 4.89. The van der Waals surface area contributed by atoms with E-state index >= 15 is 0 Å². The van der Waals surface area contributed by atoms with Crippen molar-refractivity contribution in [3.05, 3.63) is 35.1 Å². The number of nitrogens with one attached hydrogen (secondary N) is 1. The highest BCUT2D eigenvalue weighted by molar-refractivity contribution is 5.74. The van der Waals surface area contributed by atoms with Gasteiger partial charge in [-0.2, -0.15) is 0 Å². The molecule has 0 saturated heterocycles. The van der Waals surface area contributed by atoms with Crippen LogP contribution in [0.5, 0.6) is 0 Å². The van der Waals surface area contributed by atoms with Crippen molar-refractivity contribution in [3.63, 3.8) is 0 Å². The van der Waals surface area contributed by atoms with E-state index < -0.39 is 0 Å². The van der Waals surface area contributed by atoms with Gasteiger partial charge >= 0.3 is 6.03 Å². The van der Waals surface area contributed by atoms with E-state index in [1.165, 1.54) is 6.07 Å². The fourth-order valence-corrected chi connectivity index (χ4v) is 1.97. The molecule has 2 N–H and O–H groups in total. The van der Waals surface area contributed by atoms with Gasteiger partial charge in [0.05, 0.1) is 6.61 Å². The number of amides is 2. The molecule has 0 radical (unpaired) electrons. The molecule has 2 rings (SSSR count). The Hall–Kier alpha value is -1.62. The SMILES string of the molecule is Cc1ccc(CNC(=O)N(CCO)C2CC2)cc1F. The summed E-state index contributed by atoms with van der Waals surface area (Å²) in [7, 11) is 0. The molecule has 0 spiro atoms. The van der Waals surface area contributed by atoms with Gasteiger partial charge in [-0.25, -0.2) is 9.18 Å². The summed E-state index contributed by atoms with van der Waals surface area (Å²) in [6, 6.07) is 4.98. The highest BCUT2D eigenvalue weighted by Crippen LogP contribution is 2.26. The number of hydrogen-bond donors (Lipinski definition) is 2. The zero-order valence-electron chi connectivity index (χ0n) is 11.0.